The quantitative estimate of drug-likeness (QED) is 0.0207. The third kappa shape index (κ3) is 55.3. The third-order valence-corrected chi connectivity index (χ3v) is 15.5. The second-order valence-electron chi connectivity index (χ2n) is 22.9. The van der Waals surface area contributed by atoms with Crippen molar-refractivity contribution in [2.75, 3.05) is 40.9 Å². The minimum Gasteiger partial charge on any atom is -0.390 e. The number of nitrogens with zero attached hydrogens (tertiary/aromatic N) is 1. The van der Waals surface area contributed by atoms with Crippen molar-refractivity contribution in [3.8, 4) is 0 Å². The van der Waals surface area contributed by atoms with E-state index in [0.717, 1.165) is 51.4 Å². The van der Waals surface area contributed by atoms with Gasteiger partial charge in [-0.05, 0) is 51.4 Å². The van der Waals surface area contributed by atoms with Crippen LogP contribution in [-0.2, 0) is 18.4 Å². The van der Waals surface area contributed by atoms with Crippen LogP contribution in [0, 0.1) is 0 Å². The number of aliphatic hydroxyl groups excluding tert-OH is 2. The van der Waals surface area contributed by atoms with Crippen molar-refractivity contribution < 1.29 is 38.0 Å². The van der Waals surface area contributed by atoms with E-state index in [2.05, 4.69) is 55.6 Å². The maximum absolute atomic E-state index is 13.0. The lowest BCUT2D eigenvalue weighted by molar-refractivity contribution is -0.870. The molecule has 4 atom stereocenters. The lowest BCUT2D eigenvalue weighted by Crippen LogP contribution is -2.51. The van der Waals surface area contributed by atoms with Gasteiger partial charge in [0.05, 0.1) is 39.9 Å². The summed E-state index contributed by atoms with van der Waals surface area (Å²) in [5, 5.41) is 24.8. The normalized spacial score (nSPS) is 14.5. The van der Waals surface area contributed by atoms with E-state index in [4.69, 9.17) is 9.05 Å². The fourth-order valence-corrected chi connectivity index (χ4v) is 10.2. The first-order valence-corrected chi connectivity index (χ1v) is 32.9. The lowest BCUT2D eigenvalue weighted by atomic mass is 9.99. The summed E-state index contributed by atoms with van der Waals surface area (Å²) in [5.41, 5.74) is 0. The van der Waals surface area contributed by atoms with Gasteiger partial charge in [-0.25, -0.2) is 4.57 Å². The molecule has 0 aromatic rings. The summed E-state index contributed by atoms with van der Waals surface area (Å²) in [5.74, 6) is -0.253. The Labute approximate surface area is 453 Å². The summed E-state index contributed by atoms with van der Waals surface area (Å²) in [6.07, 6.45) is 66.9. The summed E-state index contributed by atoms with van der Waals surface area (Å²) < 4.78 is 23.6. The Hall–Kier alpha value is -1.32. The largest absolute Gasteiger partial charge is 0.472 e. The van der Waals surface area contributed by atoms with Crippen molar-refractivity contribution in [2.24, 2.45) is 0 Å². The Morgan fingerprint density at radius 3 is 1.18 bits per heavy atom. The Morgan fingerprint density at radius 1 is 0.479 bits per heavy atom. The predicted molar refractivity (Wildman–Crippen MR) is 315 cm³/mol. The Morgan fingerprint density at radius 2 is 0.808 bits per heavy atom. The van der Waals surface area contributed by atoms with E-state index in [1.165, 1.54) is 225 Å². The first-order chi connectivity index (χ1) is 35.4. The number of hydrogen-bond donors (Lipinski definition) is 4. The molecule has 0 fully saturated rings. The van der Waals surface area contributed by atoms with Gasteiger partial charge in [0.2, 0.25) is 5.91 Å². The van der Waals surface area contributed by atoms with Gasteiger partial charge in [0.15, 0.2) is 0 Å². The summed E-state index contributed by atoms with van der Waals surface area (Å²) in [6.45, 7) is 4.62. The molecular formula is C63H124N2O7P+. The zero-order valence-electron chi connectivity index (χ0n) is 49.0. The van der Waals surface area contributed by atoms with Gasteiger partial charge < -0.3 is 24.9 Å². The van der Waals surface area contributed by atoms with E-state index in [-0.39, 0.29) is 12.5 Å². The number of carbonyl (C=O) groups excluding carboxylic acids is 1. The number of amides is 1. The molecule has 9 nitrogen and oxygen atoms in total. The molecule has 0 rings (SSSR count). The van der Waals surface area contributed by atoms with E-state index in [1.807, 2.05) is 21.1 Å². The highest BCUT2D eigenvalue weighted by Gasteiger charge is 2.32. The first kappa shape index (κ1) is 71.7. The number of phosphoric acid groups is 1. The molecule has 10 heteroatoms. The van der Waals surface area contributed by atoms with Gasteiger partial charge in [0.25, 0.3) is 0 Å². The van der Waals surface area contributed by atoms with Crippen LogP contribution in [0.25, 0.3) is 0 Å². The van der Waals surface area contributed by atoms with Crippen LogP contribution in [0.5, 0.6) is 0 Å². The predicted octanol–water partition coefficient (Wildman–Crippen LogP) is 18.3. The van der Waals surface area contributed by atoms with Crippen molar-refractivity contribution in [3.63, 3.8) is 0 Å². The van der Waals surface area contributed by atoms with Crippen molar-refractivity contribution in [3.05, 3.63) is 36.5 Å². The molecule has 0 saturated heterocycles. The molecule has 0 spiro atoms. The molecular weight excluding hydrogens is 928 g/mol. The van der Waals surface area contributed by atoms with Gasteiger partial charge in [-0.1, -0.05) is 281 Å². The summed E-state index contributed by atoms with van der Waals surface area (Å²) >= 11 is 0. The summed E-state index contributed by atoms with van der Waals surface area (Å²) in [7, 11) is 1.45. The molecule has 0 radical (unpaired) electrons. The third-order valence-electron chi connectivity index (χ3n) is 14.5. The van der Waals surface area contributed by atoms with Crippen LogP contribution in [0.15, 0.2) is 36.5 Å². The number of allylic oxidation sites excluding steroid dienone is 6. The molecule has 0 saturated carbocycles. The molecule has 432 valence electrons. The topological polar surface area (TPSA) is 125 Å². The fourth-order valence-electron chi connectivity index (χ4n) is 9.51. The van der Waals surface area contributed by atoms with Crippen LogP contribution in [0.4, 0.5) is 0 Å². The Balaban J connectivity index is 3.96. The number of quaternary nitrogens is 1. The smallest absolute Gasteiger partial charge is 0.390 e. The highest BCUT2D eigenvalue weighted by atomic mass is 31.2. The first-order valence-electron chi connectivity index (χ1n) is 31.4. The van der Waals surface area contributed by atoms with Crippen molar-refractivity contribution in [1.82, 2.24) is 5.32 Å². The number of phosphoric ester groups is 1. The average Bonchev–Trinajstić information content (AvgIpc) is 3.35. The van der Waals surface area contributed by atoms with Crippen molar-refractivity contribution >= 4 is 13.7 Å². The highest BCUT2D eigenvalue weighted by molar-refractivity contribution is 7.47. The van der Waals surface area contributed by atoms with Gasteiger partial charge in [0.1, 0.15) is 19.3 Å². The van der Waals surface area contributed by atoms with Gasteiger partial charge in [-0.3, -0.25) is 13.8 Å². The molecule has 0 aromatic heterocycles. The minimum absolute atomic E-state index is 0.0237. The molecule has 1 amide bonds. The van der Waals surface area contributed by atoms with Crippen LogP contribution < -0.4 is 5.32 Å². The van der Waals surface area contributed by atoms with Crippen LogP contribution in [0.1, 0.15) is 303 Å². The van der Waals surface area contributed by atoms with Crippen molar-refractivity contribution in [2.45, 2.75) is 321 Å². The number of aliphatic hydroxyl groups is 2. The molecule has 4 N–H and O–H groups in total. The van der Waals surface area contributed by atoms with Gasteiger partial charge in [-0.2, -0.15) is 0 Å². The van der Waals surface area contributed by atoms with Crippen LogP contribution in [0.3, 0.4) is 0 Å². The van der Waals surface area contributed by atoms with E-state index in [9.17, 15) is 24.5 Å². The van der Waals surface area contributed by atoms with Crippen molar-refractivity contribution in [1.29, 1.82) is 0 Å². The number of nitrogens with one attached hydrogen (secondary N) is 1. The number of unbranched alkanes of at least 4 members (excludes halogenated alkanes) is 38. The molecule has 0 aliphatic heterocycles. The number of hydrogen-bond acceptors (Lipinski definition) is 6. The monoisotopic (exact) mass is 1050 g/mol. The fraction of sp³-hybridized carbons (Fsp3) is 0.889. The SMILES string of the molecule is CCCCCCC/C=C\C/C=C\C/C=C\CCCCCCCCCCCCCCCCCCCCCCCCC(=O)NC(COP(=O)(O)OCC[N+](C)(C)C)C(O)C(O)CCCCCCCCCCCCCC. The van der Waals surface area contributed by atoms with E-state index < -0.39 is 32.7 Å². The highest BCUT2D eigenvalue weighted by Crippen LogP contribution is 2.43. The standard InChI is InChI=1S/C63H123N2O7P/c1-6-8-10-12-14-16-18-20-21-22-23-24-25-26-27-28-29-30-31-32-33-34-35-36-37-38-39-40-41-42-43-44-46-48-50-52-54-56-62(67)64-60(59-72-73(69,70)71-58-57-65(3,4)5)63(68)61(66)55-53-51-49-47-45-19-17-15-13-11-9-7-2/h18,20,22-23,25-26,60-61,63,66,68H,6-17,19,21,24,27-59H2,1-5H3,(H-,64,67,69,70)/p+1/b20-18-,23-22-,26-25-. The van der Waals surface area contributed by atoms with E-state index >= 15 is 0 Å². The second kappa shape index (κ2) is 54.1. The molecule has 73 heavy (non-hydrogen) atoms. The van der Waals surface area contributed by atoms with E-state index in [0.29, 0.717) is 23.9 Å². The van der Waals surface area contributed by atoms with Crippen LogP contribution in [0.2, 0.25) is 0 Å². The molecule has 0 aliphatic carbocycles. The van der Waals surface area contributed by atoms with Gasteiger partial charge in [0, 0.05) is 6.42 Å². The van der Waals surface area contributed by atoms with E-state index in [1.54, 1.807) is 0 Å². The number of rotatable bonds is 58. The summed E-state index contributed by atoms with van der Waals surface area (Å²) in [6, 6.07) is -1.03. The molecule has 0 bridgehead atoms. The van der Waals surface area contributed by atoms with Gasteiger partial charge in [-0.15, -0.1) is 0 Å². The second-order valence-corrected chi connectivity index (χ2v) is 24.4. The molecule has 0 heterocycles. The Kier molecular flexibility index (Phi) is 53.1. The molecule has 4 unspecified atom stereocenters. The lowest BCUT2D eigenvalue weighted by Gasteiger charge is -2.28. The summed E-state index contributed by atoms with van der Waals surface area (Å²) in [4.78, 5) is 23.3. The Bertz CT molecular complexity index is 1300. The van der Waals surface area contributed by atoms with Gasteiger partial charge >= 0.3 is 7.82 Å². The maximum atomic E-state index is 13.0. The number of likely N-dealkylation sites (N-methyl/N-ethyl adjacent to an activating group) is 1. The minimum atomic E-state index is -4.42. The van der Waals surface area contributed by atoms with Crippen LogP contribution in [-0.4, -0.2) is 84.6 Å². The average molecular weight is 1050 g/mol. The molecule has 0 aromatic carbocycles. The maximum Gasteiger partial charge on any atom is 0.472 e. The zero-order chi connectivity index (χ0) is 53.6. The van der Waals surface area contributed by atoms with Crippen LogP contribution >= 0.6 is 7.82 Å². The molecule has 0 aliphatic rings. The number of carbonyl (C=O) groups is 1. The zero-order valence-corrected chi connectivity index (χ0v) is 49.9.